The molecule has 1 atom stereocenters. The number of aryl methyl sites for hydroxylation is 1. The third-order valence-corrected chi connectivity index (χ3v) is 4.73. The number of piperidine rings is 1. The lowest BCUT2D eigenvalue weighted by Gasteiger charge is -2.40. The van der Waals surface area contributed by atoms with Crippen molar-refractivity contribution in [2.24, 2.45) is 0 Å². The van der Waals surface area contributed by atoms with E-state index in [4.69, 9.17) is 4.42 Å². The van der Waals surface area contributed by atoms with E-state index < -0.39 is 5.60 Å². The Balaban J connectivity index is 1.86. The fourth-order valence-electron chi connectivity index (χ4n) is 3.64. The van der Waals surface area contributed by atoms with Gasteiger partial charge in [0.25, 0.3) is 5.91 Å². The number of likely N-dealkylation sites (tertiary alicyclic amines) is 1. The number of benzene rings is 1. The van der Waals surface area contributed by atoms with E-state index in [0.717, 1.165) is 30.2 Å². The molecule has 0 saturated carbocycles. The summed E-state index contributed by atoms with van der Waals surface area (Å²) in [6.45, 7) is 3.69. The largest absolute Gasteiger partial charge is 0.463 e. The lowest BCUT2D eigenvalue weighted by molar-refractivity contribution is -0.0391. The molecule has 1 fully saturated rings. The first-order chi connectivity index (χ1) is 11.4. The highest BCUT2D eigenvalue weighted by molar-refractivity contribution is 6.06. The predicted octanol–water partition coefficient (Wildman–Crippen LogP) is 2.52. The lowest BCUT2D eigenvalue weighted by Crippen LogP contribution is -2.54. The molecule has 1 aromatic heterocycles. The Labute approximate surface area is 142 Å². The molecule has 0 spiro atoms. The first-order valence-electron chi connectivity index (χ1n) is 8.58. The molecule has 1 unspecified atom stereocenters. The normalized spacial score (nSPS) is 21.6. The van der Waals surface area contributed by atoms with Crippen molar-refractivity contribution in [1.29, 1.82) is 0 Å². The molecule has 130 valence electrons. The smallest absolute Gasteiger partial charge is 0.257 e. The number of amides is 1. The van der Waals surface area contributed by atoms with Gasteiger partial charge in [0.05, 0.1) is 17.7 Å². The number of aliphatic hydroxyl groups is 1. The van der Waals surface area contributed by atoms with Gasteiger partial charge in [-0.3, -0.25) is 4.79 Å². The summed E-state index contributed by atoms with van der Waals surface area (Å²) in [5, 5.41) is 11.7. The molecule has 1 aliphatic rings. The van der Waals surface area contributed by atoms with E-state index in [1.165, 1.54) is 5.56 Å². The summed E-state index contributed by atoms with van der Waals surface area (Å²) in [7, 11) is 3.88. The van der Waals surface area contributed by atoms with Crippen LogP contribution in [0.2, 0.25) is 0 Å². The van der Waals surface area contributed by atoms with Crippen molar-refractivity contribution in [3.05, 3.63) is 35.6 Å². The summed E-state index contributed by atoms with van der Waals surface area (Å²) in [6.07, 6.45) is 4.00. The van der Waals surface area contributed by atoms with Gasteiger partial charge in [0.15, 0.2) is 0 Å². The second kappa shape index (κ2) is 6.57. The maximum atomic E-state index is 13.0. The van der Waals surface area contributed by atoms with E-state index in [9.17, 15) is 9.90 Å². The molecule has 3 rings (SSSR count). The van der Waals surface area contributed by atoms with Gasteiger partial charge in [-0.2, -0.15) is 0 Å². The quantitative estimate of drug-likeness (QED) is 0.936. The molecule has 5 heteroatoms. The maximum Gasteiger partial charge on any atom is 0.257 e. The number of rotatable bonds is 4. The van der Waals surface area contributed by atoms with Crippen LogP contribution >= 0.6 is 0 Å². The average Bonchev–Trinajstić information content (AvgIpc) is 2.95. The van der Waals surface area contributed by atoms with E-state index in [-0.39, 0.29) is 5.91 Å². The van der Waals surface area contributed by atoms with E-state index in [1.807, 2.05) is 37.2 Å². The molecule has 1 saturated heterocycles. The zero-order valence-corrected chi connectivity index (χ0v) is 14.7. The van der Waals surface area contributed by atoms with E-state index in [2.05, 4.69) is 6.92 Å². The van der Waals surface area contributed by atoms with Crippen molar-refractivity contribution < 1.29 is 14.3 Å². The van der Waals surface area contributed by atoms with Crippen molar-refractivity contribution in [3.63, 3.8) is 0 Å². The monoisotopic (exact) mass is 330 g/mol. The summed E-state index contributed by atoms with van der Waals surface area (Å²) in [4.78, 5) is 16.7. The molecular formula is C19H26N2O3. The summed E-state index contributed by atoms with van der Waals surface area (Å²) in [6, 6.07) is 5.97. The highest BCUT2D eigenvalue weighted by Crippen LogP contribution is 2.27. The molecule has 0 aliphatic carbocycles. The summed E-state index contributed by atoms with van der Waals surface area (Å²) >= 11 is 0. The summed E-state index contributed by atoms with van der Waals surface area (Å²) in [5.41, 5.74) is 1.66. The van der Waals surface area contributed by atoms with Crippen molar-refractivity contribution in [2.75, 3.05) is 33.7 Å². The fraction of sp³-hybridized carbons (Fsp3) is 0.526. The Morgan fingerprint density at radius 1 is 1.42 bits per heavy atom. The number of hydrogen-bond acceptors (Lipinski definition) is 4. The predicted molar refractivity (Wildman–Crippen MR) is 94.2 cm³/mol. The van der Waals surface area contributed by atoms with E-state index >= 15 is 0 Å². The number of hydrogen-bond donors (Lipinski definition) is 1. The van der Waals surface area contributed by atoms with Crippen molar-refractivity contribution >= 4 is 16.9 Å². The van der Waals surface area contributed by atoms with Crippen molar-refractivity contribution in [3.8, 4) is 0 Å². The lowest BCUT2D eigenvalue weighted by atomic mass is 9.92. The average molecular weight is 330 g/mol. The van der Waals surface area contributed by atoms with Crippen molar-refractivity contribution in [2.45, 2.75) is 31.8 Å². The molecule has 0 radical (unpaired) electrons. The van der Waals surface area contributed by atoms with Gasteiger partial charge >= 0.3 is 0 Å². The third-order valence-electron chi connectivity index (χ3n) is 4.73. The van der Waals surface area contributed by atoms with Gasteiger partial charge < -0.3 is 19.3 Å². The Kier molecular flexibility index (Phi) is 4.65. The van der Waals surface area contributed by atoms with Crippen LogP contribution in [0.15, 0.2) is 28.9 Å². The van der Waals surface area contributed by atoms with Crippen LogP contribution in [-0.2, 0) is 6.42 Å². The number of β-amino-alcohol motifs (C(OH)–C–C–N with tert-alkyl or cyclic N) is 1. The zero-order chi connectivity index (χ0) is 17.3. The Morgan fingerprint density at radius 2 is 2.21 bits per heavy atom. The van der Waals surface area contributed by atoms with Gasteiger partial charge in [0.2, 0.25) is 0 Å². The number of fused-ring (bicyclic) bond motifs is 1. The number of carbonyl (C=O) groups is 1. The number of nitrogens with zero attached hydrogens (tertiary/aromatic N) is 2. The third kappa shape index (κ3) is 3.32. The van der Waals surface area contributed by atoms with Crippen LogP contribution in [0.3, 0.4) is 0 Å². The van der Waals surface area contributed by atoms with Gasteiger partial charge in [0, 0.05) is 18.5 Å². The number of likely N-dealkylation sites (N-methyl/N-ethyl adjacent to an activating group) is 1. The van der Waals surface area contributed by atoms with Crippen LogP contribution in [-0.4, -0.2) is 60.1 Å². The van der Waals surface area contributed by atoms with E-state index in [1.54, 1.807) is 11.2 Å². The van der Waals surface area contributed by atoms with Crippen LogP contribution < -0.4 is 0 Å². The standard InChI is InChI=1S/C19H26N2O3/c1-4-14-6-7-17-15(10-14)16(11-24-17)18(22)21-9-5-8-19(23,13-21)12-20(2)3/h6-7,10-11,23H,4-5,8-9,12-13H2,1-3H3. The molecule has 1 aliphatic heterocycles. The molecule has 1 aromatic carbocycles. The van der Waals surface area contributed by atoms with Gasteiger partial charge in [0.1, 0.15) is 11.8 Å². The Morgan fingerprint density at radius 3 is 2.92 bits per heavy atom. The molecule has 1 amide bonds. The van der Waals surface area contributed by atoms with Gasteiger partial charge in [-0.05, 0) is 51.1 Å². The minimum absolute atomic E-state index is 0.0566. The van der Waals surface area contributed by atoms with E-state index in [0.29, 0.717) is 25.2 Å². The van der Waals surface area contributed by atoms with Crippen LogP contribution in [0.5, 0.6) is 0 Å². The highest BCUT2D eigenvalue weighted by Gasteiger charge is 2.36. The van der Waals surface area contributed by atoms with Gasteiger partial charge in [-0.15, -0.1) is 0 Å². The Bertz CT molecular complexity index is 737. The molecule has 1 N–H and O–H groups in total. The molecule has 2 heterocycles. The zero-order valence-electron chi connectivity index (χ0n) is 14.7. The first kappa shape index (κ1) is 17.0. The summed E-state index contributed by atoms with van der Waals surface area (Å²) in [5.74, 6) is -0.0566. The number of carbonyl (C=O) groups excluding carboxylic acids is 1. The van der Waals surface area contributed by atoms with Crippen LogP contribution in [0.4, 0.5) is 0 Å². The van der Waals surface area contributed by atoms with Gasteiger partial charge in [-0.1, -0.05) is 13.0 Å². The molecular weight excluding hydrogens is 304 g/mol. The topological polar surface area (TPSA) is 56.9 Å². The first-order valence-corrected chi connectivity index (χ1v) is 8.58. The number of furan rings is 1. The highest BCUT2D eigenvalue weighted by atomic mass is 16.3. The SMILES string of the molecule is CCc1ccc2occ(C(=O)N3CCCC(O)(CN(C)C)C3)c2c1. The fourth-order valence-corrected chi connectivity index (χ4v) is 3.64. The van der Waals surface area contributed by atoms with Crippen LogP contribution in [0.1, 0.15) is 35.7 Å². The minimum atomic E-state index is -0.842. The second-order valence-corrected chi connectivity index (χ2v) is 7.13. The molecule has 24 heavy (non-hydrogen) atoms. The second-order valence-electron chi connectivity index (χ2n) is 7.13. The van der Waals surface area contributed by atoms with Crippen LogP contribution in [0, 0.1) is 0 Å². The Hall–Kier alpha value is -1.85. The maximum absolute atomic E-state index is 13.0. The molecule has 2 aromatic rings. The van der Waals surface area contributed by atoms with Gasteiger partial charge in [-0.25, -0.2) is 0 Å². The van der Waals surface area contributed by atoms with Crippen molar-refractivity contribution in [1.82, 2.24) is 9.80 Å². The molecule has 0 bridgehead atoms. The molecule has 5 nitrogen and oxygen atoms in total. The minimum Gasteiger partial charge on any atom is -0.463 e. The summed E-state index contributed by atoms with van der Waals surface area (Å²) < 4.78 is 5.56. The van der Waals surface area contributed by atoms with Crippen LogP contribution in [0.25, 0.3) is 11.0 Å².